The van der Waals surface area contributed by atoms with Crippen molar-refractivity contribution in [3.8, 4) is 11.5 Å². The molecule has 0 N–H and O–H groups in total. The lowest BCUT2D eigenvalue weighted by atomic mass is 9.96. The Morgan fingerprint density at radius 3 is 2.27 bits per heavy atom. The molecular formula is C29H15F7O4. The van der Waals surface area contributed by atoms with E-state index in [-0.39, 0.29) is 33.0 Å². The van der Waals surface area contributed by atoms with Gasteiger partial charge >= 0.3 is 18.1 Å². The van der Waals surface area contributed by atoms with E-state index in [4.69, 9.17) is 9.47 Å². The first-order valence-corrected chi connectivity index (χ1v) is 11.6. The number of alkyl halides is 4. The van der Waals surface area contributed by atoms with Crippen LogP contribution in [0.1, 0.15) is 15.9 Å². The van der Waals surface area contributed by atoms with Crippen molar-refractivity contribution >= 4 is 33.5 Å². The molecule has 1 aliphatic rings. The molecule has 4 nitrogen and oxygen atoms in total. The van der Waals surface area contributed by atoms with Gasteiger partial charge in [0.25, 0.3) is 0 Å². The van der Waals surface area contributed by atoms with E-state index in [1.165, 1.54) is 18.2 Å². The van der Waals surface area contributed by atoms with Crippen molar-refractivity contribution in [1.82, 2.24) is 0 Å². The summed E-state index contributed by atoms with van der Waals surface area (Å²) in [4.78, 5) is 24.7. The number of ether oxygens (including phenoxy) is 2. The first-order valence-electron chi connectivity index (χ1n) is 11.6. The van der Waals surface area contributed by atoms with E-state index in [1.54, 1.807) is 0 Å². The zero-order valence-corrected chi connectivity index (χ0v) is 19.9. The minimum atomic E-state index is -4.90. The summed E-state index contributed by atoms with van der Waals surface area (Å²) in [5, 5.41) is -0.580. The van der Waals surface area contributed by atoms with E-state index in [0.29, 0.717) is 0 Å². The van der Waals surface area contributed by atoms with E-state index in [9.17, 15) is 40.3 Å². The predicted molar refractivity (Wildman–Crippen MR) is 130 cm³/mol. The van der Waals surface area contributed by atoms with Gasteiger partial charge in [0.05, 0.1) is 11.1 Å². The topological polar surface area (TPSA) is 52.6 Å². The van der Waals surface area contributed by atoms with Crippen LogP contribution in [0, 0.1) is 17.6 Å². The summed E-state index contributed by atoms with van der Waals surface area (Å²) in [7, 11) is 0. The van der Waals surface area contributed by atoms with Crippen molar-refractivity contribution in [1.29, 1.82) is 0 Å². The van der Waals surface area contributed by atoms with Gasteiger partial charge in [-0.15, -0.1) is 0 Å². The van der Waals surface area contributed by atoms with Gasteiger partial charge in [0.2, 0.25) is 0 Å². The van der Waals surface area contributed by atoms with Gasteiger partial charge in [0, 0.05) is 0 Å². The minimum Gasteiger partial charge on any atom is -0.426 e. The molecule has 11 heteroatoms. The molecule has 0 aromatic heterocycles. The molecule has 204 valence electrons. The molecule has 1 aliphatic carbocycles. The molecule has 0 amide bonds. The quantitative estimate of drug-likeness (QED) is 0.111. The van der Waals surface area contributed by atoms with E-state index in [0.717, 1.165) is 60.7 Å². The zero-order chi connectivity index (χ0) is 28.8. The highest BCUT2D eigenvalue weighted by molar-refractivity contribution is 6.04. The average molecular weight is 560 g/mol. The summed E-state index contributed by atoms with van der Waals surface area (Å²) >= 11 is 0. The first kappa shape index (κ1) is 26.9. The van der Waals surface area contributed by atoms with Crippen molar-refractivity contribution in [2.75, 3.05) is 0 Å². The van der Waals surface area contributed by atoms with Crippen LogP contribution in [-0.2, 0) is 11.0 Å². The number of esters is 2. The lowest BCUT2D eigenvalue weighted by Crippen LogP contribution is -2.29. The molecule has 4 aromatic rings. The third-order valence-corrected chi connectivity index (χ3v) is 6.21. The largest absolute Gasteiger partial charge is 0.426 e. The summed E-state index contributed by atoms with van der Waals surface area (Å²) in [5.41, 5.74) is -1.84. The van der Waals surface area contributed by atoms with Gasteiger partial charge < -0.3 is 9.47 Å². The van der Waals surface area contributed by atoms with Gasteiger partial charge in [-0.25, -0.2) is 22.4 Å². The Bertz CT molecular complexity index is 1740. The number of halogens is 7. The number of carbonyl (C=O) groups is 2. The van der Waals surface area contributed by atoms with Crippen LogP contribution in [0.5, 0.6) is 11.5 Å². The standard InChI is InChI=1S/C29H15F7O4/c30-22-5-1-3-19(25(22)32)27(37)39-16-9-10-18-15(12-16)11-14-7-8-17(13-21(14)24(18)29(34,35)36)40-28(38)20-4-2-6-23(31)26(20)33/h1-13,19,25H. The molecule has 40 heavy (non-hydrogen) atoms. The van der Waals surface area contributed by atoms with Gasteiger partial charge in [-0.2, -0.15) is 13.2 Å². The van der Waals surface area contributed by atoms with Crippen LogP contribution in [0.2, 0.25) is 0 Å². The number of hydrogen-bond donors (Lipinski definition) is 0. The third kappa shape index (κ3) is 5.02. The van der Waals surface area contributed by atoms with Crippen molar-refractivity contribution in [2.45, 2.75) is 12.3 Å². The second-order valence-electron chi connectivity index (χ2n) is 8.79. The molecule has 0 spiro atoms. The lowest BCUT2D eigenvalue weighted by Gasteiger charge is -2.18. The highest BCUT2D eigenvalue weighted by Crippen LogP contribution is 2.42. The van der Waals surface area contributed by atoms with Gasteiger partial charge in [-0.05, 0) is 70.1 Å². The maximum atomic E-state index is 14.3. The third-order valence-electron chi connectivity index (χ3n) is 6.21. The van der Waals surface area contributed by atoms with Crippen LogP contribution >= 0.6 is 0 Å². The number of hydrogen-bond acceptors (Lipinski definition) is 4. The van der Waals surface area contributed by atoms with Crippen LogP contribution < -0.4 is 9.47 Å². The summed E-state index contributed by atoms with van der Waals surface area (Å²) in [5.74, 6) is -8.47. The number of benzene rings is 4. The fraction of sp³-hybridized carbons (Fsp3) is 0.103. The molecule has 5 rings (SSSR count). The Hall–Kier alpha value is -4.67. The Kier molecular flexibility index (Phi) is 6.82. The maximum absolute atomic E-state index is 14.3. The predicted octanol–water partition coefficient (Wildman–Crippen LogP) is 7.79. The monoisotopic (exact) mass is 560 g/mol. The second kappa shape index (κ2) is 10.1. The Morgan fingerprint density at radius 2 is 1.52 bits per heavy atom. The number of rotatable bonds is 4. The Morgan fingerprint density at radius 1 is 0.800 bits per heavy atom. The van der Waals surface area contributed by atoms with Crippen molar-refractivity contribution in [3.63, 3.8) is 0 Å². The van der Waals surface area contributed by atoms with Gasteiger partial charge in [0.1, 0.15) is 23.2 Å². The molecule has 4 aromatic carbocycles. The molecule has 0 aliphatic heterocycles. The summed E-state index contributed by atoms with van der Waals surface area (Å²) in [6.07, 6.45) is -4.02. The Labute approximate surface area is 220 Å². The normalized spacial score (nSPS) is 17.1. The molecule has 0 fully saturated rings. The Balaban J connectivity index is 1.51. The van der Waals surface area contributed by atoms with Crippen LogP contribution in [0.4, 0.5) is 30.7 Å². The summed E-state index contributed by atoms with van der Waals surface area (Å²) in [6.45, 7) is 0. The minimum absolute atomic E-state index is 0.0127. The van der Waals surface area contributed by atoms with Gasteiger partial charge in [-0.1, -0.05) is 30.4 Å². The van der Waals surface area contributed by atoms with E-state index in [2.05, 4.69) is 0 Å². The SMILES string of the molecule is O=C(Oc1ccc2cc3cc(OC(=O)C4C=CC=C(F)C4F)ccc3c(C(F)(F)F)c2c1)c1cccc(F)c1F. The highest BCUT2D eigenvalue weighted by atomic mass is 19.4. The van der Waals surface area contributed by atoms with Gasteiger partial charge in [-0.3, -0.25) is 4.79 Å². The number of carbonyl (C=O) groups excluding carboxylic acids is 2. The lowest BCUT2D eigenvalue weighted by molar-refractivity contribution is -0.139. The fourth-order valence-corrected chi connectivity index (χ4v) is 4.34. The summed E-state index contributed by atoms with van der Waals surface area (Å²) < 4.78 is 108. The van der Waals surface area contributed by atoms with Gasteiger partial charge in [0.15, 0.2) is 17.8 Å². The maximum Gasteiger partial charge on any atom is 0.417 e. The molecule has 0 saturated carbocycles. The van der Waals surface area contributed by atoms with E-state index in [1.807, 2.05) is 0 Å². The van der Waals surface area contributed by atoms with E-state index < -0.39 is 58.8 Å². The number of fused-ring (bicyclic) bond motifs is 2. The molecule has 0 radical (unpaired) electrons. The molecule has 2 unspecified atom stereocenters. The average Bonchev–Trinajstić information content (AvgIpc) is 2.89. The van der Waals surface area contributed by atoms with Crippen LogP contribution in [0.25, 0.3) is 21.5 Å². The molecular weight excluding hydrogens is 545 g/mol. The summed E-state index contributed by atoms with van der Waals surface area (Å²) in [6, 6.07) is 10.8. The smallest absolute Gasteiger partial charge is 0.417 e. The van der Waals surface area contributed by atoms with Crippen LogP contribution in [-0.4, -0.2) is 18.1 Å². The van der Waals surface area contributed by atoms with Crippen molar-refractivity contribution in [3.05, 3.63) is 107 Å². The van der Waals surface area contributed by atoms with Crippen LogP contribution in [0.15, 0.2) is 84.7 Å². The zero-order valence-electron chi connectivity index (χ0n) is 19.9. The molecule has 0 heterocycles. The first-order chi connectivity index (χ1) is 18.9. The highest BCUT2D eigenvalue weighted by Gasteiger charge is 2.36. The number of allylic oxidation sites excluding steroid dienone is 3. The van der Waals surface area contributed by atoms with Crippen molar-refractivity contribution in [2.24, 2.45) is 5.92 Å². The van der Waals surface area contributed by atoms with E-state index >= 15 is 0 Å². The fourth-order valence-electron chi connectivity index (χ4n) is 4.34. The second-order valence-corrected chi connectivity index (χ2v) is 8.79. The molecule has 0 saturated heterocycles. The molecule has 2 atom stereocenters. The van der Waals surface area contributed by atoms with Crippen LogP contribution in [0.3, 0.4) is 0 Å². The van der Waals surface area contributed by atoms with Crippen molar-refractivity contribution < 1.29 is 49.8 Å². The molecule has 0 bridgehead atoms.